The number of aromatic nitrogens is 1. The van der Waals surface area contributed by atoms with Crippen LogP contribution < -0.4 is 10.6 Å². The number of fused-ring (bicyclic) bond motifs is 1. The van der Waals surface area contributed by atoms with Gasteiger partial charge in [0.2, 0.25) is 0 Å². The van der Waals surface area contributed by atoms with E-state index in [-0.39, 0.29) is 18.2 Å². The van der Waals surface area contributed by atoms with Crippen LogP contribution in [0, 0.1) is 11.7 Å². The summed E-state index contributed by atoms with van der Waals surface area (Å²) < 4.78 is 18.8. The van der Waals surface area contributed by atoms with Gasteiger partial charge < -0.3 is 10.6 Å². The fourth-order valence-electron chi connectivity index (χ4n) is 3.70. The molecule has 4 rings (SSSR count). The van der Waals surface area contributed by atoms with Crippen LogP contribution in [0.1, 0.15) is 19.3 Å². The highest BCUT2D eigenvalue weighted by Gasteiger charge is 2.27. The Morgan fingerprint density at radius 2 is 1.96 bits per heavy atom. The van der Waals surface area contributed by atoms with Crippen molar-refractivity contribution in [1.29, 1.82) is 0 Å². The standard InChI is InChI=1S/C17H23FN4S.ClH/c18-13-1-2-15-16(11-13)23-20-17(15)22-7-5-21(6-8-22)4-3-12-9-14(19)10-12;/h1-2,11-12,14H,3-10,19H2;1H. The average Bonchev–Trinajstić information content (AvgIpc) is 2.94. The number of nitrogens with two attached hydrogens (primary N) is 1. The van der Waals surface area contributed by atoms with E-state index in [4.69, 9.17) is 5.73 Å². The molecule has 1 aliphatic heterocycles. The Morgan fingerprint density at radius 3 is 2.67 bits per heavy atom. The Hall–Kier alpha value is -0.950. The van der Waals surface area contributed by atoms with Gasteiger partial charge in [0, 0.05) is 37.6 Å². The summed E-state index contributed by atoms with van der Waals surface area (Å²) in [5.41, 5.74) is 5.86. The lowest BCUT2D eigenvalue weighted by Gasteiger charge is -2.38. The van der Waals surface area contributed by atoms with Gasteiger partial charge in [-0.3, -0.25) is 4.90 Å². The minimum atomic E-state index is -0.187. The predicted molar refractivity (Wildman–Crippen MR) is 101 cm³/mol. The molecule has 1 aromatic carbocycles. The molecule has 7 heteroatoms. The quantitative estimate of drug-likeness (QED) is 0.898. The highest BCUT2D eigenvalue weighted by molar-refractivity contribution is 7.13. The molecule has 1 aliphatic carbocycles. The van der Waals surface area contributed by atoms with Crippen LogP contribution in [0.4, 0.5) is 10.2 Å². The average molecular weight is 371 g/mol. The molecule has 2 heterocycles. The monoisotopic (exact) mass is 370 g/mol. The predicted octanol–water partition coefficient (Wildman–Crippen LogP) is 3.11. The number of hydrogen-bond acceptors (Lipinski definition) is 5. The van der Waals surface area contributed by atoms with Gasteiger partial charge in [-0.1, -0.05) is 0 Å². The van der Waals surface area contributed by atoms with Crippen LogP contribution in [0.5, 0.6) is 0 Å². The minimum absolute atomic E-state index is 0. The summed E-state index contributed by atoms with van der Waals surface area (Å²) >= 11 is 1.39. The van der Waals surface area contributed by atoms with Gasteiger partial charge in [0.15, 0.2) is 0 Å². The highest BCUT2D eigenvalue weighted by atomic mass is 35.5. The number of hydrogen-bond donors (Lipinski definition) is 1. The van der Waals surface area contributed by atoms with Crippen molar-refractivity contribution in [1.82, 2.24) is 9.27 Å². The van der Waals surface area contributed by atoms with Gasteiger partial charge in [0.05, 0.1) is 4.70 Å². The molecule has 2 fully saturated rings. The van der Waals surface area contributed by atoms with Gasteiger partial charge in [0.25, 0.3) is 0 Å². The zero-order valence-electron chi connectivity index (χ0n) is 13.7. The van der Waals surface area contributed by atoms with E-state index in [9.17, 15) is 4.39 Å². The maximum absolute atomic E-state index is 13.3. The number of piperazine rings is 1. The first kappa shape index (κ1) is 17.9. The normalized spacial score (nSPS) is 24.7. The summed E-state index contributed by atoms with van der Waals surface area (Å²) in [5, 5.41) is 1.08. The number of anilines is 1. The van der Waals surface area contributed by atoms with Gasteiger partial charge in [-0.2, -0.15) is 4.37 Å². The molecule has 132 valence electrons. The third-order valence-corrected chi connectivity index (χ3v) is 6.01. The van der Waals surface area contributed by atoms with Crippen molar-refractivity contribution in [2.75, 3.05) is 37.6 Å². The molecular formula is C17H24ClFN4S. The second-order valence-corrected chi connectivity index (χ2v) is 7.67. The van der Waals surface area contributed by atoms with Crippen LogP contribution in [0.15, 0.2) is 18.2 Å². The van der Waals surface area contributed by atoms with Gasteiger partial charge in [-0.05, 0) is 61.5 Å². The minimum Gasteiger partial charge on any atom is -0.353 e. The molecule has 2 aromatic rings. The maximum atomic E-state index is 13.3. The van der Waals surface area contributed by atoms with E-state index in [1.165, 1.54) is 43.4 Å². The second kappa shape index (κ2) is 7.52. The molecule has 0 atom stereocenters. The molecule has 0 spiro atoms. The van der Waals surface area contributed by atoms with Gasteiger partial charge in [-0.15, -0.1) is 12.4 Å². The molecule has 0 amide bonds. The lowest BCUT2D eigenvalue weighted by Crippen LogP contribution is -2.47. The molecule has 1 aromatic heterocycles. The highest BCUT2D eigenvalue weighted by Crippen LogP contribution is 2.31. The van der Waals surface area contributed by atoms with Crippen LogP contribution in [0.3, 0.4) is 0 Å². The van der Waals surface area contributed by atoms with E-state index in [1.54, 1.807) is 6.07 Å². The van der Waals surface area contributed by atoms with E-state index >= 15 is 0 Å². The molecule has 0 radical (unpaired) electrons. The molecule has 2 aliphatic rings. The third-order valence-electron chi connectivity index (χ3n) is 5.21. The van der Waals surface area contributed by atoms with Crippen molar-refractivity contribution >= 4 is 39.8 Å². The Balaban J connectivity index is 0.00000169. The molecule has 24 heavy (non-hydrogen) atoms. The number of nitrogens with zero attached hydrogens (tertiary/aromatic N) is 3. The third kappa shape index (κ3) is 3.67. The maximum Gasteiger partial charge on any atom is 0.150 e. The fraction of sp³-hybridized carbons (Fsp3) is 0.588. The Labute approximate surface area is 152 Å². The summed E-state index contributed by atoms with van der Waals surface area (Å²) in [4.78, 5) is 4.89. The van der Waals surface area contributed by atoms with Crippen molar-refractivity contribution < 1.29 is 4.39 Å². The zero-order chi connectivity index (χ0) is 15.8. The lowest BCUT2D eigenvalue weighted by molar-refractivity contribution is 0.189. The number of rotatable bonds is 4. The van der Waals surface area contributed by atoms with Crippen molar-refractivity contribution in [3.8, 4) is 0 Å². The largest absolute Gasteiger partial charge is 0.353 e. The van der Waals surface area contributed by atoms with E-state index in [1.807, 2.05) is 6.07 Å². The van der Waals surface area contributed by atoms with Crippen molar-refractivity contribution in [3.63, 3.8) is 0 Å². The molecule has 1 saturated carbocycles. The lowest BCUT2D eigenvalue weighted by atomic mass is 9.79. The van der Waals surface area contributed by atoms with Crippen LogP contribution >= 0.6 is 23.9 Å². The molecule has 1 saturated heterocycles. The topological polar surface area (TPSA) is 45.4 Å². The van der Waals surface area contributed by atoms with Crippen LogP contribution in [-0.4, -0.2) is 48.0 Å². The molecule has 4 nitrogen and oxygen atoms in total. The number of halogens is 2. The molecule has 0 unspecified atom stereocenters. The van der Waals surface area contributed by atoms with Crippen molar-refractivity contribution in [2.45, 2.75) is 25.3 Å². The Morgan fingerprint density at radius 1 is 1.21 bits per heavy atom. The smallest absolute Gasteiger partial charge is 0.150 e. The summed E-state index contributed by atoms with van der Waals surface area (Å²) in [5.74, 6) is 1.68. The Bertz CT molecular complexity index is 680. The van der Waals surface area contributed by atoms with Crippen molar-refractivity contribution in [2.24, 2.45) is 11.7 Å². The summed E-state index contributed by atoms with van der Waals surface area (Å²) in [6, 6.07) is 5.42. The molecular weight excluding hydrogens is 347 g/mol. The van der Waals surface area contributed by atoms with Gasteiger partial charge >= 0.3 is 0 Å². The van der Waals surface area contributed by atoms with E-state index in [2.05, 4.69) is 14.2 Å². The van der Waals surface area contributed by atoms with E-state index in [0.29, 0.717) is 6.04 Å². The molecule has 2 N–H and O–H groups in total. The molecule has 0 bridgehead atoms. The second-order valence-electron chi connectivity index (χ2n) is 6.86. The fourth-order valence-corrected chi connectivity index (χ4v) is 4.52. The van der Waals surface area contributed by atoms with Crippen LogP contribution in [-0.2, 0) is 0 Å². The summed E-state index contributed by atoms with van der Waals surface area (Å²) in [6.45, 7) is 5.35. The zero-order valence-corrected chi connectivity index (χ0v) is 15.3. The van der Waals surface area contributed by atoms with Gasteiger partial charge in [0.1, 0.15) is 11.6 Å². The SMILES string of the molecule is Cl.NC1CC(CCN2CCN(c3nsc4cc(F)ccc34)CC2)C1. The Kier molecular flexibility index (Phi) is 5.59. The van der Waals surface area contributed by atoms with E-state index < -0.39 is 0 Å². The van der Waals surface area contributed by atoms with Crippen molar-refractivity contribution in [3.05, 3.63) is 24.0 Å². The summed E-state index contributed by atoms with van der Waals surface area (Å²) in [6.07, 6.45) is 3.70. The first-order chi connectivity index (χ1) is 11.2. The summed E-state index contributed by atoms with van der Waals surface area (Å²) in [7, 11) is 0. The number of benzene rings is 1. The first-order valence-electron chi connectivity index (χ1n) is 8.47. The van der Waals surface area contributed by atoms with E-state index in [0.717, 1.165) is 48.0 Å². The van der Waals surface area contributed by atoms with Crippen LogP contribution in [0.2, 0.25) is 0 Å². The first-order valence-corrected chi connectivity index (χ1v) is 9.24. The van der Waals surface area contributed by atoms with Crippen LogP contribution in [0.25, 0.3) is 10.1 Å². The van der Waals surface area contributed by atoms with Gasteiger partial charge in [-0.25, -0.2) is 4.39 Å².